The first-order valence-corrected chi connectivity index (χ1v) is 11.6. The van der Waals surface area contributed by atoms with Gasteiger partial charge in [0.05, 0.1) is 32.3 Å². The van der Waals surface area contributed by atoms with E-state index in [2.05, 4.69) is 5.32 Å². The van der Waals surface area contributed by atoms with Crippen LogP contribution in [-0.2, 0) is 16.6 Å². The fraction of sp³-hybridized carbons (Fsp3) is 0.455. The van der Waals surface area contributed by atoms with E-state index in [1.807, 2.05) is 0 Å². The van der Waals surface area contributed by atoms with Gasteiger partial charge < -0.3 is 29.7 Å². The summed E-state index contributed by atoms with van der Waals surface area (Å²) in [6, 6.07) is 11.6. The van der Waals surface area contributed by atoms with Gasteiger partial charge in [-0.05, 0) is 36.2 Å². The maximum atomic E-state index is 13.0. The summed E-state index contributed by atoms with van der Waals surface area (Å²) in [5, 5.41) is 24.6. The van der Waals surface area contributed by atoms with E-state index in [0.717, 1.165) is 5.56 Å². The zero-order chi connectivity index (χ0) is 23.4. The Morgan fingerprint density at radius 2 is 1.72 bits per heavy atom. The standard InChI is InChI=1S/C22H30N2O7S/c1-29-18-11-16(12-19(30-2)21(18)31-3)13-23-14-22(26)15-24(10-9-20(22)25)32(27,28)17-7-5-4-6-8-17/h4-8,11-12,20,23,25-26H,9-10,13-15H2,1-3H3/t20-,22+/m1/s1. The highest BCUT2D eigenvalue weighted by Crippen LogP contribution is 2.38. The predicted octanol–water partition coefficient (Wildman–Crippen LogP) is 0.989. The van der Waals surface area contributed by atoms with Gasteiger partial charge in [0.15, 0.2) is 11.5 Å². The molecule has 1 saturated heterocycles. The molecule has 9 nitrogen and oxygen atoms in total. The van der Waals surface area contributed by atoms with E-state index >= 15 is 0 Å². The lowest BCUT2D eigenvalue weighted by Crippen LogP contribution is -2.62. The molecule has 3 rings (SSSR count). The lowest BCUT2D eigenvalue weighted by molar-refractivity contribution is -0.104. The minimum atomic E-state index is -3.77. The minimum Gasteiger partial charge on any atom is -0.493 e. The summed E-state index contributed by atoms with van der Waals surface area (Å²) in [6.07, 6.45) is -0.925. The average Bonchev–Trinajstić information content (AvgIpc) is 2.80. The summed E-state index contributed by atoms with van der Waals surface area (Å²) >= 11 is 0. The summed E-state index contributed by atoms with van der Waals surface area (Å²) < 4.78 is 43.1. The number of rotatable bonds is 9. The summed E-state index contributed by atoms with van der Waals surface area (Å²) in [4.78, 5) is 0.157. The van der Waals surface area contributed by atoms with Gasteiger partial charge >= 0.3 is 0 Å². The number of aliphatic hydroxyl groups is 2. The molecule has 0 amide bonds. The normalized spacial score (nSPS) is 21.8. The van der Waals surface area contributed by atoms with Crippen LogP contribution in [0.1, 0.15) is 12.0 Å². The molecule has 176 valence electrons. The van der Waals surface area contributed by atoms with Crippen LogP contribution in [-0.4, -0.2) is 75.6 Å². The molecule has 32 heavy (non-hydrogen) atoms. The van der Waals surface area contributed by atoms with Crippen molar-refractivity contribution in [2.75, 3.05) is 41.0 Å². The van der Waals surface area contributed by atoms with Crippen LogP contribution in [0.25, 0.3) is 0 Å². The largest absolute Gasteiger partial charge is 0.493 e. The van der Waals surface area contributed by atoms with E-state index in [9.17, 15) is 18.6 Å². The third kappa shape index (κ3) is 5.00. The van der Waals surface area contributed by atoms with Crippen LogP contribution >= 0.6 is 0 Å². The van der Waals surface area contributed by atoms with E-state index in [4.69, 9.17) is 14.2 Å². The molecule has 1 aliphatic heterocycles. The molecule has 1 heterocycles. The Kier molecular flexibility index (Phi) is 7.63. The summed E-state index contributed by atoms with van der Waals surface area (Å²) in [7, 11) is 0.800. The lowest BCUT2D eigenvalue weighted by atomic mass is 9.90. The van der Waals surface area contributed by atoms with Gasteiger partial charge in [-0.15, -0.1) is 0 Å². The molecular formula is C22H30N2O7S. The van der Waals surface area contributed by atoms with Gasteiger partial charge in [0, 0.05) is 26.2 Å². The lowest BCUT2D eigenvalue weighted by Gasteiger charge is -2.42. The van der Waals surface area contributed by atoms with Crippen LogP contribution < -0.4 is 19.5 Å². The van der Waals surface area contributed by atoms with Gasteiger partial charge in [-0.2, -0.15) is 4.31 Å². The van der Waals surface area contributed by atoms with Gasteiger partial charge in [-0.3, -0.25) is 0 Å². The summed E-state index contributed by atoms with van der Waals surface area (Å²) in [6.45, 7) is 0.240. The molecule has 2 atom stereocenters. The van der Waals surface area contributed by atoms with Gasteiger partial charge in [0.2, 0.25) is 15.8 Å². The first kappa shape index (κ1) is 24.3. The van der Waals surface area contributed by atoms with Gasteiger partial charge in [-0.25, -0.2) is 8.42 Å². The fourth-order valence-electron chi connectivity index (χ4n) is 3.81. The third-order valence-electron chi connectivity index (χ3n) is 5.59. The van der Waals surface area contributed by atoms with E-state index in [0.29, 0.717) is 23.8 Å². The van der Waals surface area contributed by atoms with Crippen molar-refractivity contribution in [3.8, 4) is 17.2 Å². The van der Waals surface area contributed by atoms with Crippen LogP contribution in [0.15, 0.2) is 47.4 Å². The van der Waals surface area contributed by atoms with Crippen molar-refractivity contribution >= 4 is 10.0 Å². The number of sulfonamides is 1. The Morgan fingerprint density at radius 3 is 2.28 bits per heavy atom. The zero-order valence-corrected chi connectivity index (χ0v) is 19.3. The number of hydrogen-bond donors (Lipinski definition) is 3. The number of nitrogens with zero attached hydrogens (tertiary/aromatic N) is 1. The molecule has 1 aliphatic rings. The van der Waals surface area contributed by atoms with Crippen molar-refractivity contribution in [3.05, 3.63) is 48.0 Å². The number of methoxy groups -OCH3 is 3. The Balaban J connectivity index is 1.71. The smallest absolute Gasteiger partial charge is 0.243 e. The number of piperidine rings is 1. The second-order valence-electron chi connectivity index (χ2n) is 7.70. The first-order chi connectivity index (χ1) is 15.2. The molecule has 0 bridgehead atoms. The Morgan fingerprint density at radius 1 is 1.09 bits per heavy atom. The zero-order valence-electron chi connectivity index (χ0n) is 18.4. The van der Waals surface area contributed by atoms with Gasteiger partial charge in [0.25, 0.3) is 0 Å². The Bertz CT molecular complexity index is 991. The number of hydrogen-bond acceptors (Lipinski definition) is 8. The van der Waals surface area contributed by atoms with Gasteiger partial charge in [0.1, 0.15) is 5.60 Å². The van der Waals surface area contributed by atoms with Crippen LogP contribution in [0.3, 0.4) is 0 Å². The van der Waals surface area contributed by atoms with Gasteiger partial charge in [-0.1, -0.05) is 18.2 Å². The van der Waals surface area contributed by atoms with Crippen LogP contribution in [0.4, 0.5) is 0 Å². The van der Waals surface area contributed by atoms with E-state index in [1.165, 1.54) is 37.8 Å². The maximum Gasteiger partial charge on any atom is 0.243 e. The fourth-order valence-corrected chi connectivity index (χ4v) is 5.34. The molecule has 2 aromatic rings. The van der Waals surface area contributed by atoms with E-state index in [1.54, 1.807) is 30.3 Å². The maximum absolute atomic E-state index is 13.0. The molecule has 0 saturated carbocycles. The molecule has 10 heteroatoms. The number of nitrogens with one attached hydrogen (secondary N) is 1. The topological polar surface area (TPSA) is 118 Å². The van der Waals surface area contributed by atoms with Crippen molar-refractivity contribution in [3.63, 3.8) is 0 Å². The van der Waals surface area contributed by atoms with Crippen LogP contribution in [0, 0.1) is 0 Å². The average molecular weight is 467 g/mol. The highest BCUT2D eigenvalue weighted by molar-refractivity contribution is 7.89. The second kappa shape index (κ2) is 10.1. The number of aliphatic hydroxyl groups excluding tert-OH is 1. The van der Waals surface area contributed by atoms with Crippen molar-refractivity contribution < 1.29 is 32.8 Å². The molecule has 0 spiro atoms. The number of benzene rings is 2. The first-order valence-electron chi connectivity index (χ1n) is 10.2. The van der Waals surface area contributed by atoms with E-state index in [-0.39, 0.29) is 31.0 Å². The molecular weight excluding hydrogens is 436 g/mol. The molecule has 3 N–H and O–H groups in total. The highest BCUT2D eigenvalue weighted by atomic mass is 32.2. The number of ether oxygens (including phenoxy) is 3. The van der Waals surface area contributed by atoms with Crippen molar-refractivity contribution in [2.24, 2.45) is 0 Å². The Labute approximate surface area is 188 Å². The van der Waals surface area contributed by atoms with Crippen molar-refractivity contribution in [1.82, 2.24) is 9.62 Å². The SMILES string of the molecule is COc1cc(CNC[C@]2(O)CN(S(=O)(=O)c3ccccc3)CC[C@H]2O)cc(OC)c1OC. The highest BCUT2D eigenvalue weighted by Gasteiger charge is 2.44. The minimum absolute atomic E-state index is 0.00830. The molecule has 0 radical (unpaired) electrons. The summed E-state index contributed by atoms with van der Waals surface area (Å²) in [5.74, 6) is 1.47. The third-order valence-corrected chi connectivity index (χ3v) is 7.45. The van der Waals surface area contributed by atoms with Crippen LogP contribution in [0.2, 0.25) is 0 Å². The molecule has 0 unspecified atom stereocenters. The molecule has 0 aliphatic carbocycles. The summed E-state index contributed by atoms with van der Waals surface area (Å²) in [5.41, 5.74) is -0.831. The number of β-amino-alcohol motifs (C(OH)–C–C–N with tert-alkyl or cyclic N) is 1. The quantitative estimate of drug-likeness (QED) is 0.501. The molecule has 1 fully saturated rings. The monoisotopic (exact) mass is 466 g/mol. The van der Waals surface area contributed by atoms with Crippen molar-refractivity contribution in [2.45, 2.75) is 29.6 Å². The molecule has 0 aromatic heterocycles. The predicted molar refractivity (Wildman–Crippen MR) is 119 cm³/mol. The van der Waals surface area contributed by atoms with Crippen molar-refractivity contribution in [1.29, 1.82) is 0 Å². The molecule has 2 aromatic carbocycles. The van der Waals surface area contributed by atoms with E-state index < -0.39 is 21.7 Å². The van der Waals surface area contributed by atoms with Crippen LogP contribution in [0.5, 0.6) is 17.2 Å². The Hall–Kier alpha value is -2.37. The second-order valence-corrected chi connectivity index (χ2v) is 9.63.